The van der Waals surface area contributed by atoms with E-state index in [1.54, 1.807) is 24.6 Å². The number of thiazole rings is 1. The van der Waals surface area contributed by atoms with Crippen molar-refractivity contribution in [3.05, 3.63) is 52.8 Å². The summed E-state index contributed by atoms with van der Waals surface area (Å²) in [6, 6.07) is 9.88. The number of nitrogens with two attached hydrogens (primary N) is 1. The molecule has 0 unspecified atom stereocenters. The maximum Gasteiger partial charge on any atom is 0.307 e. The Morgan fingerprint density at radius 3 is 2.33 bits per heavy atom. The molecule has 0 aliphatic heterocycles. The van der Waals surface area contributed by atoms with Crippen molar-refractivity contribution in [2.24, 2.45) is 10.1 Å². The number of fused-ring (bicyclic) bond motifs is 1. The van der Waals surface area contributed by atoms with Gasteiger partial charge in [-0.2, -0.15) is 9.30 Å². The number of sulfonamides is 2. The van der Waals surface area contributed by atoms with Crippen molar-refractivity contribution in [3.8, 4) is 0 Å². The van der Waals surface area contributed by atoms with Crippen molar-refractivity contribution in [2.75, 3.05) is 13.7 Å². The van der Waals surface area contributed by atoms with E-state index in [4.69, 9.17) is 9.88 Å². The number of hydrogen-bond donors (Lipinski definition) is 1. The second-order valence-electron chi connectivity index (χ2n) is 9.52. The van der Waals surface area contributed by atoms with E-state index in [2.05, 4.69) is 4.99 Å². The van der Waals surface area contributed by atoms with Crippen LogP contribution in [0.4, 0.5) is 0 Å². The first-order valence-electron chi connectivity index (χ1n) is 12.9. The maximum absolute atomic E-state index is 13.1. The first-order chi connectivity index (χ1) is 18.9. The molecular weight excluding hydrogens is 577 g/mol. The van der Waals surface area contributed by atoms with Gasteiger partial charge in [-0.25, -0.2) is 22.0 Å². The molecule has 1 aliphatic rings. The molecule has 0 spiro atoms. The minimum atomic E-state index is -3.95. The Kier molecular flexibility index (Phi) is 9.25. The van der Waals surface area contributed by atoms with Crippen LogP contribution in [-0.4, -0.2) is 57.3 Å². The van der Waals surface area contributed by atoms with Gasteiger partial charge in [-0.05, 0) is 62.2 Å². The van der Waals surface area contributed by atoms with Crippen LogP contribution in [0.1, 0.15) is 55.8 Å². The summed E-state index contributed by atoms with van der Waals surface area (Å²) in [7, 11) is -6.07. The molecule has 1 fully saturated rings. The van der Waals surface area contributed by atoms with E-state index in [-0.39, 0.29) is 45.8 Å². The molecule has 40 heavy (non-hydrogen) atoms. The number of primary sulfonamides is 1. The van der Waals surface area contributed by atoms with Crippen LogP contribution in [0.15, 0.2) is 57.2 Å². The quantitative estimate of drug-likeness (QED) is 0.366. The SMILES string of the molecule is CCOC(=O)CCn1c(=NC(=O)c2ccc(S(=O)(=O)N(C)C3CCCCC3)cc2)sc2cc(S(N)(=O)=O)ccc21. The Bertz CT molecular complexity index is 1690. The molecule has 1 aliphatic carbocycles. The van der Waals surface area contributed by atoms with Gasteiger partial charge < -0.3 is 9.30 Å². The summed E-state index contributed by atoms with van der Waals surface area (Å²) >= 11 is 1.07. The topological polar surface area (TPSA) is 158 Å². The average Bonchev–Trinajstić information content (AvgIpc) is 3.27. The number of rotatable bonds is 9. The number of benzene rings is 2. The predicted molar refractivity (Wildman–Crippen MR) is 151 cm³/mol. The van der Waals surface area contributed by atoms with Gasteiger partial charge in [-0.1, -0.05) is 30.6 Å². The average molecular weight is 609 g/mol. The Hall–Kier alpha value is -2.91. The van der Waals surface area contributed by atoms with Crippen LogP contribution in [-0.2, 0) is 36.1 Å². The predicted octanol–water partition coefficient (Wildman–Crippen LogP) is 3.00. The summed E-state index contributed by atoms with van der Waals surface area (Å²) < 4.78 is 58.5. The molecule has 4 rings (SSSR count). The highest BCUT2D eigenvalue weighted by Crippen LogP contribution is 2.27. The van der Waals surface area contributed by atoms with E-state index in [0.717, 1.165) is 43.4 Å². The van der Waals surface area contributed by atoms with Gasteiger partial charge in [-0.15, -0.1) is 0 Å². The van der Waals surface area contributed by atoms with Gasteiger partial charge in [0.2, 0.25) is 20.0 Å². The molecule has 1 amide bonds. The molecule has 0 radical (unpaired) electrons. The van der Waals surface area contributed by atoms with Crippen molar-refractivity contribution in [1.29, 1.82) is 0 Å². The largest absolute Gasteiger partial charge is 0.466 e. The number of hydrogen-bond acceptors (Lipinski definition) is 8. The number of amides is 1. The fraction of sp³-hybridized carbons (Fsp3) is 0.423. The summed E-state index contributed by atoms with van der Waals surface area (Å²) in [6.07, 6.45) is 4.78. The molecule has 216 valence electrons. The Morgan fingerprint density at radius 1 is 1.05 bits per heavy atom. The second-order valence-corrected chi connectivity index (χ2v) is 14.1. The zero-order valence-electron chi connectivity index (χ0n) is 22.3. The highest BCUT2D eigenvalue weighted by Gasteiger charge is 2.29. The molecule has 14 heteroatoms. The second kappa shape index (κ2) is 12.3. The maximum atomic E-state index is 13.1. The molecule has 2 N–H and O–H groups in total. The molecule has 0 atom stereocenters. The van der Waals surface area contributed by atoms with Gasteiger partial charge in [0.15, 0.2) is 4.80 Å². The zero-order valence-corrected chi connectivity index (χ0v) is 24.7. The molecule has 0 bridgehead atoms. The zero-order chi connectivity index (χ0) is 29.1. The van der Waals surface area contributed by atoms with Crippen molar-refractivity contribution in [3.63, 3.8) is 0 Å². The smallest absolute Gasteiger partial charge is 0.307 e. The lowest BCUT2D eigenvalue weighted by Crippen LogP contribution is -2.38. The van der Waals surface area contributed by atoms with Crippen molar-refractivity contribution in [1.82, 2.24) is 8.87 Å². The summed E-state index contributed by atoms with van der Waals surface area (Å²) in [6.45, 7) is 2.07. The number of nitrogens with zero attached hydrogens (tertiary/aromatic N) is 3. The van der Waals surface area contributed by atoms with Crippen LogP contribution in [0.2, 0.25) is 0 Å². The number of carbonyl (C=O) groups excluding carboxylic acids is 2. The van der Waals surface area contributed by atoms with Gasteiger partial charge >= 0.3 is 5.97 Å². The third kappa shape index (κ3) is 6.69. The first-order valence-corrected chi connectivity index (χ1v) is 16.7. The summed E-state index contributed by atoms with van der Waals surface area (Å²) in [4.78, 5) is 29.6. The van der Waals surface area contributed by atoms with Crippen molar-refractivity contribution >= 4 is 53.5 Å². The number of carbonyl (C=O) groups is 2. The highest BCUT2D eigenvalue weighted by atomic mass is 32.2. The third-order valence-corrected chi connectivity index (χ3v) is 10.8. The molecule has 1 heterocycles. The number of esters is 1. The van der Waals surface area contributed by atoms with E-state index in [1.807, 2.05) is 0 Å². The van der Waals surface area contributed by atoms with E-state index >= 15 is 0 Å². The minimum absolute atomic E-state index is 0.0130. The van der Waals surface area contributed by atoms with E-state index in [1.165, 1.54) is 40.7 Å². The summed E-state index contributed by atoms with van der Waals surface area (Å²) in [5.74, 6) is -1.05. The fourth-order valence-corrected chi connectivity index (χ4v) is 7.82. The minimum Gasteiger partial charge on any atom is -0.466 e. The molecule has 11 nitrogen and oxygen atoms in total. The lowest BCUT2D eigenvalue weighted by atomic mass is 9.96. The van der Waals surface area contributed by atoms with Crippen molar-refractivity contribution < 1.29 is 31.2 Å². The van der Waals surface area contributed by atoms with E-state index < -0.39 is 31.9 Å². The van der Waals surface area contributed by atoms with Crippen LogP contribution in [0.5, 0.6) is 0 Å². The molecule has 1 saturated carbocycles. The lowest BCUT2D eigenvalue weighted by Gasteiger charge is -2.30. The van der Waals surface area contributed by atoms with E-state index in [0.29, 0.717) is 10.2 Å². The van der Waals surface area contributed by atoms with Gasteiger partial charge in [-0.3, -0.25) is 9.59 Å². The van der Waals surface area contributed by atoms with Gasteiger partial charge in [0, 0.05) is 25.2 Å². The monoisotopic (exact) mass is 608 g/mol. The van der Waals surface area contributed by atoms with Crippen LogP contribution in [0, 0.1) is 0 Å². The van der Waals surface area contributed by atoms with E-state index in [9.17, 15) is 26.4 Å². The molecular formula is C26H32N4O7S3. The van der Waals surface area contributed by atoms with Gasteiger partial charge in [0.1, 0.15) is 0 Å². The first kappa shape index (κ1) is 30.1. The van der Waals surface area contributed by atoms with Crippen LogP contribution < -0.4 is 9.94 Å². The molecule has 3 aromatic rings. The summed E-state index contributed by atoms with van der Waals surface area (Å²) in [5.41, 5.74) is 0.749. The van der Waals surface area contributed by atoms with Crippen LogP contribution in [0.25, 0.3) is 10.2 Å². The number of aromatic nitrogens is 1. The number of aryl methyl sites for hydroxylation is 1. The summed E-state index contributed by atoms with van der Waals surface area (Å²) in [5, 5.41) is 5.27. The van der Waals surface area contributed by atoms with Crippen LogP contribution >= 0.6 is 11.3 Å². The van der Waals surface area contributed by atoms with Gasteiger partial charge in [0.25, 0.3) is 5.91 Å². The lowest BCUT2D eigenvalue weighted by molar-refractivity contribution is -0.143. The normalized spacial score (nSPS) is 15.6. The Balaban J connectivity index is 1.66. The molecule has 1 aromatic heterocycles. The Labute approximate surface area is 237 Å². The molecule has 2 aromatic carbocycles. The van der Waals surface area contributed by atoms with Gasteiger partial charge in [0.05, 0.1) is 33.0 Å². The third-order valence-electron chi connectivity index (χ3n) is 6.89. The van der Waals surface area contributed by atoms with Crippen molar-refractivity contribution in [2.45, 2.75) is 67.8 Å². The fourth-order valence-electron chi connectivity index (χ4n) is 4.70. The Morgan fingerprint density at radius 2 is 1.70 bits per heavy atom. The molecule has 0 saturated heterocycles. The van der Waals surface area contributed by atoms with Crippen LogP contribution in [0.3, 0.4) is 0 Å². The standard InChI is InChI=1S/C26H32N4O7S3/c1-3-37-24(31)15-16-30-22-14-13-21(39(27,33)34)17-23(22)38-26(30)28-25(32)18-9-11-20(12-10-18)40(35,36)29(2)19-7-5-4-6-8-19/h9-14,17,19H,3-8,15-16H2,1-2H3,(H2,27,33,34). The number of ether oxygens (including phenoxy) is 1. The highest BCUT2D eigenvalue weighted by molar-refractivity contribution is 7.89.